The maximum absolute atomic E-state index is 13.5. The van der Waals surface area contributed by atoms with Gasteiger partial charge in [0.25, 0.3) is 0 Å². The van der Waals surface area contributed by atoms with Gasteiger partial charge in [0.2, 0.25) is 0 Å². The van der Waals surface area contributed by atoms with Gasteiger partial charge < -0.3 is 4.74 Å². The van der Waals surface area contributed by atoms with E-state index in [4.69, 9.17) is 4.74 Å². The van der Waals surface area contributed by atoms with Crippen LogP contribution in [0.2, 0.25) is 0 Å². The predicted octanol–water partition coefficient (Wildman–Crippen LogP) is 5.07. The van der Waals surface area contributed by atoms with Gasteiger partial charge in [-0.3, -0.25) is 0 Å². The average Bonchev–Trinajstić information content (AvgIpc) is 2.58. The van der Waals surface area contributed by atoms with Gasteiger partial charge in [0.05, 0.1) is 6.61 Å². The van der Waals surface area contributed by atoms with Crippen LogP contribution in [0.5, 0.6) is 0 Å². The van der Waals surface area contributed by atoms with Crippen molar-refractivity contribution in [1.82, 2.24) is 0 Å². The molecule has 154 valence electrons. The molecule has 0 heterocycles. The number of benzene rings is 1. The number of rotatable bonds is 6. The molecule has 5 rings (SSSR count). The lowest BCUT2D eigenvalue weighted by molar-refractivity contribution is -0.369. The number of alkyl halides is 2. The zero-order valence-corrected chi connectivity index (χ0v) is 17.1. The number of hydrogen-bond acceptors (Lipinski definition) is 5. The Bertz CT molecular complexity index is 768. The van der Waals surface area contributed by atoms with E-state index in [1.807, 2.05) is 0 Å². The van der Waals surface area contributed by atoms with Crippen LogP contribution in [0.25, 0.3) is 0 Å². The zero-order valence-electron chi connectivity index (χ0n) is 16.2. The number of ether oxygens (including phenoxy) is 1. The molecule has 1 aromatic rings. The van der Waals surface area contributed by atoms with E-state index < -0.39 is 12.1 Å². The molecule has 4 fully saturated rings. The molecule has 1 aromatic carbocycles. The molecule has 4 aliphatic carbocycles. The van der Waals surface area contributed by atoms with E-state index in [-0.39, 0.29) is 17.4 Å². The highest BCUT2D eigenvalue weighted by Gasteiger charge is 2.59. The summed E-state index contributed by atoms with van der Waals surface area (Å²) in [6.07, 6.45) is 2.04. The van der Waals surface area contributed by atoms with E-state index >= 15 is 0 Å². The standard InChI is InChI=1S/C21H26F2O4S/c1-13-3-4-17(14(2)5-13)20-9-15-6-16(10-20)8-19(7-15,11-20)12-25-18(24)21(22,23)26-27-28/h3-5,15-16,28H,6-12H2,1-2H3. The minimum absolute atomic E-state index is 0.00296. The first-order valence-corrected chi connectivity index (χ1v) is 10.2. The van der Waals surface area contributed by atoms with Crippen molar-refractivity contribution in [3.05, 3.63) is 34.9 Å². The van der Waals surface area contributed by atoms with Gasteiger partial charge in [-0.25, -0.2) is 4.79 Å². The summed E-state index contributed by atoms with van der Waals surface area (Å²) in [4.78, 5) is 15.4. The van der Waals surface area contributed by atoms with Gasteiger partial charge in [-0.1, -0.05) is 23.8 Å². The van der Waals surface area contributed by atoms with Crippen molar-refractivity contribution in [2.75, 3.05) is 6.61 Å². The van der Waals surface area contributed by atoms with Crippen LogP contribution in [0.4, 0.5) is 8.78 Å². The Morgan fingerprint density at radius 1 is 1.21 bits per heavy atom. The summed E-state index contributed by atoms with van der Waals surface area (Å²) >= 11 is 3.11. The molecule has 4 bridgehead atoms. The first-order chi connectivity index (χ1) is 13.2. The van der Waals surface area contributed by atoms with Crippen LogP contribution in [-0.2, 0) is 24.2 Å². The number of hydrogen-bond donors (Lipinski definition) is 1. The molecular formula is C21H26F2O4S. The Balaban J connectivity index is 1.57. The highest BCUT2D eigenvalue weighted by molar-refractivity contribution is 7.74. The van der Waals surface area contributed by atoms with Crippen molar-refractivity contribution in [2.24, 2.45) is 17.3 Å². The summed E-state index contributed by atoms with van der Waals surface area (Å²) < 4.78 is 35.8. The second-order valence-electron chi connectivity index (χ2n) is 9.31. The van der Waals surface area contributed by atoms with Gasteiger partial charge in [0.15, 0.2) is 0 Å². The minimum atomic E-state index is -4.16. The summed E-state index contributed by atoms with van der Waals surface area (Å²) in [7, 11) is 0. The molecule has 4 saturated carbocycles. The third kappa shape index (κ3) is 3.46. The van der Waals surface area contributed by atoms with Crippen LogP contribution < -0.4 is 0 Å². The number of aryl methyl sites for hydroxylation is 2. The normalized spacial score (nSPS) is 33.9. The third-order valence-corrected chi connectivity index (χ3v) is 7.10. The van der Waals surface area contributed by atoms with Crippen molar-refractivity contribution < 1.29 is 27.5 Å². The van der Waals surface area contributed by atoms with Crippen molar-refractivity contribution in [2.45, 2.75) is 63.9 Å². The lowest BCUT2D eigenvalue weighted by atomic mass is 9.43. The van der Waals surface area contributed by atoms with Gasteiger partial charge in [0.1, 0.15) is 0 Å². The smallest absolute Gasteiger partial charge is 0.459 e. The molecule has 0 saturated heterocycles. The molecule has 0 aliphatic heterocycles. The van der Waals surface area contributed by atoms with Crippen molar-refractivity contribution >= 4 is 18.9 Å². The lowest BCUT2D eigenvalue weighted by Gasteiger charge is -2.62. The van der Waals surface area contributed by atoms with Crippen LogP contribution in [0.3, 0.4) is 0 Å². The van der Waals surface area contributed by atoms with E-state index in [1.165, 1.54) is 23.1 Å². The van der Waals surface area contributed by atoms with Crippen LogP contribution in [0.1, 0.15) is 55.2 Å². The molecule has 2 unspecified atom stereocenters. The Kier molecular flexibility index (Phi) is 5.00. The molecule has 7 heteroatoms. The minimum Gasteiger partial charge on any atom is -0.459 e. The summed E-state index contributed by atoms with van der Waals surface area (Å²) in [5, 5.41) is 0. The molecule has 0 radical (unpaired) electrons. The third-order valence-electron chi connectivity index (χ3n) is 7.02. The van der Waals surface area contributed by atoms with Gasteiger partial charge in [-0.15, -0.1) is 4.89 Å². The summed E-state index contributed by atoms with van der Waals surface area (Å²) in [5.74, 6) is -0.616. The molecule has 0 spiro atoms. The number of carbonyl (C=O) groups is 1. The first-order valence-electron chi connectivity index (χ1n) is 9.79. The number of carbonyl (C=O) groups excluding carboxylic acids is 1. The second-order valence-corrected chi connectivity index (χ2v) is 9.46. The van der Waals surface area contributed by atoms with Crippen molar-refractivity contribution in [1.29, 1.82) is 0 Å². The molecular weight excluding hydrogens is 386 g/mol. The number of thiol groups is 1. The van der Waals surface area contributed by atoms with E-state index in [0.29, 0.717) is 11.8 Å². The Hall–Kier alpha value is -1.18. The van der Waals surface area contributed by atoms with Crippen LogP contribution >= 0.6 is 12.9 Å². The van der Waals surface area contributed by atoms with Crippen LogP contribution in [0, 0.1) is 31.1 Å². The maximum atomic E-state index is 13.5. The van der Waals surface area contributed by atoms with Gasteiger partial charge in [0, 0.05) is 18.3 Å². The van der Waals surface area contributed by atoms with Crippen LogP contribution in [-0.4, -0.2) is 18.7 Å². The predicted molar refractivity (Wildman–Crippen MR) is 102 cm³/mol. The average molecular weight is 412 g/mol. The second kappa shape index (κ2) is 6.96. The van der Waals surface area contributed by atoms with Crippen molar-refractivity contribution in [3.8, 4) is 0 Å². The van der Waals surface area contributed by atoms with E-state index in [1.54, 1.807) is 0 Å². The van der Waals surface area contributed by atoms with E-state index in [2.05, 4.69) is 54.2 Å². The lowest BCUT2D eigenvalue weighted by Crippen LogP contribution is -2.56. The van der Waals surface area contributed by atoms with E-state index in [9.17, 15) is 13.6 Å². The summed E-state index contributed by atoms with van der Waals surface area (Å²) in [5.41, 5.74) is 3.72. The Morgan fingerprint density at radius 3 is 2.50 bits per heavy atom. The molecule has 2 atom stereocenters. The summed E-state index contributed by atoms with van der Waals surface area (Å²) in [6, 6.07) is 6.61. The Morgan fingerprint density at radius 2 is 1.89 bits per heavy atom. The topological polar surface area (TPSA) is 44.8 Å². The molecule has 28 heavy (non-hydrogen) atoms. The highest BCUT2D eigenvalue weighted by atomic mass is 32.1. The summed E-state index contributed by atoms with van der Waals surface area (Å²) in [6.45, 7) is 4.24. The molecule has 4 nitrogen and oxygen atoms in total. The molecule has 0 N–H and O–H groups in total. The fraction of sp³-hybridized carbons (Fsp3) is 0.667. The van der Waals surface area contributed by atoms with Gasteiger partial charge in [-0.05, 0) is 80.8 Å². The molecule has 0 amide bonds. The fourth-order valence-electron chi connectivity index (χ4n) is 6.73. The van der Waals surface area contributed by atoms with Gasteiger partial charge >= 0.3 is 12.1 Å². The zero-order chi connectivity index (χ0) is 20.2. The van der Waals surface area contributed by atoms with Crippen molar-refractivity contribution in [3.63, 3.8) is 0 Å². The van der Waals surface area contributed by atoms with Crippen LogP contribution in [0.15, 0.2) is 18.2 Å². The maximum Gasteiger partial charge on any atom is 0.483 e. The monoisotopic (exact) mass is 412 g/mol. The quantitative estimate of drug-likeness (QED) is 0.233. The highest BCUT2D eigenvalue weighted by Crippen LogP contribution is 2.66. The number of halogens is 2. The van der Waals surface area contributed by atoms with Gasteiger partial charge in [-0.2, -0.15) is 13.1 Å². The first kappa shape index (κ1) is 20.1. The van der Waals surface area contributed by atoms with E-state index in [0.717, 1.165) is 32.1 Å². The number of esters is 1. The Labute approximate surface area is 169 Å². The fourth-order valence-corrected chi connectivity index (χ4v) is 6.82. The molecule has 4 aliphatic rings. The SMILES string of the molecule is Cc1ccc(C23CC4CC(CC(COC(=O)C(F)(F)OOS)(C4)C2)C3)c(C)c1. The molecule has 0 aromatic heterocycles. The largest absolute Gasteiger partial charge is 0.483 e.